The molecule has 1 atom stereocenters. The van der Waals surface area contributed by atoms with Gasteiger partial charge >= 0.3 is 0 Å². The monoisotopic (exact) mass is 289 g/mol. The van der Waals surface area contributed by atoms with Crippen LogP contribution < -0.4 is 5.11 Å². The quantitative estimate of drug-likeness (QED) is 0.325. The molecule has 102 valence electrons. The molecule has 0 unspecified atom stereocenters. The maximum atomic E-state index is 11.4. The van der Waals surface area contributed by atoms with Crippen LogP contribution in [0.15, 0.2) is 4.99 Å². The molecule has 1 aliphatic rings. The van der Waals surface area contributed by atoms with Gasteiger partial charge in [0.2, 0.25) is 0 Å². The van der Waals surface area contributed by atoms with E-state index in [4.69, 9.17) is 17.0 Å². The molecule has 0 saturated carbocycles. The average Bonchev–Trinajstić information content (AvgIpc) is 2.71. The number of nitrogens with zero attached hydrogens (tertiary/aromatic N) is 2. The first-order valence-electron chi connectivity index (χ1n) is 5.56. The number of carbonyl (C=O) groups excluding carboxylic acids is 1. The van der Waals surface area contributed by atoms with Crippen LogP contribution in [0, 0.1) is 0 Å². The summed E-state index contributed by atoms with van der Waals surface area (Å²) in [6, 6.07) is -0.198. The molecule has 0 amide bonds. The van der Waals surface area contributed by atoms with E-state index in [2.05, 4.69) is 4.99 Å². The van der Waals surface area contributed by atoms with Crippen LogP contribution in [-0.2, 0) is 9.53 Å². The van der Waals surface area contributed by atoms with Crippen LogP contribution in [0.1, 0.15) is 20.8 Å². The standard InChI is InChI=1S/C11H18N2O3S2/c1-11(2,3)16-10(15)12-4-9(17)13-7-18-6-8(13)5-14/h5,8H,4,6-7H2,1-3H3,(H,12,15)/p-1/t8-/m0/s1. The molecule has 0 aliphatic carbocycles. The van der Waals surface area contributed by atoms with Gasteiger partial charge in [0.15, 0.2) is 0 Å². The summed E-state index contributed by atoms with van der Waals surface area (Å²) in [5.74, 6) is 1.40. The summed E-state index contributed by atoms with van der Waals surface area (Å²) >= 11 is 6.81. The molecule has 1 fully saturated rings. The predicted octanol–water partition coefficient (Wildman–Crippen LogP) is 0.419. The van der Waals surface area contributed by atoms with Crippen molar-refractivity contribution in [3.05, 3.63) is 0 Å². The predicted molar refractivity (Wildman–Crippen MR) is 74.8 cm³/mol. The fourth-order valence-electron chi connectivity index (χ4n) is 1.34. The van der Waals surface area contributed by atoms with Crippen molar-refractivity contribution >= 4 is 41.3 Å². The first-order chi connectivity index (χ1) is 8.33. The van der Waals surface area contributed by atoms with Crippen molar-refractivity contribution in [1.82, 2.24) is 4.90 Å². The highest BCUT2D eigenvalue weighted by Crippen LogP contribution is 2.20. The number of thioether (sulfide) groups is 1. The van der Waals surface area contributed by atoms with E-state index in [-0.39, 0.29) is 12.6 Å². The van der Waals surface area contributed by atoms with Gasteiger partial charge in [-0.3, -0.25) is 4.99 Å². The van der Waals surface area contributed by atoms with E-state index in [1.807, 2.05) is 0 Å². The van der Waals surface area contributed by atoms with Gasteiger partial charge in [-0.2, -0.15) is 0 Å². The second-order valence-electron chi connectivity index (χ2n) is 4.86. The Morgan fingerprint density at radius 2 is 2.33 bits per heavy atom. The van der Waals surface area contributed by atoms with Gasteiger partial charge in [-0.25, -0.2) is 0 Å². The number of carbonyl (C=O) groups is 1. The zero-order chi connectivity index (χ0) is 13.8. The molecule has 1 saturated heterocycles. The van der Waals surface area contributed by atoms with E-state index < -0.39 is 11.7 Å². The Morgan fingerprint density at radius 1 is 1.67 bits per heavy atom. The number of hydrogen-bond donors (Lipinski definition) is 0. The van der Waals surface area contributed by atoms with Gasteiger partial charge in [0.25, 0.3) is 0 Å². The molecule has 1 aliphatic heterocycles. The minimum absolute atomic E-state index is 0.0924. The van der Waals surface area contributed by atoms with Gasteiger partial charge in [0.05, 0.1) is 18.5 Å². The lowest BCUT2D eigenvalue weighted by Gasteiger charge is -2.29. The van der Waals surface area contributed by atoms with Crippen molar-refractivity contribution < 1.29 is 14.6 Å². The lowest BCUT2D eigenvalue weighted by atomic mass is 10.2. The average molecular weight is 289 g/mol. The van der Waals surface area contributed by atoms with Crippen LogP contribution in [0.5, 0.6) is 0 Å². The lowest BCUT2D eigenvalue weighted by molar-refractivity contribution is -0.260. The maximum Gasteiger partial charge on any atom is 0.146 e. The second-order valence-corrected chi connectivity index (χ2v) is 6.33. The lowest BCUT2D eigenvalue weighted by Crippen LogP contribution is -2.39. The van der Waals surface area contributed by atoms with Crippen molar-refractivity contribution in [2.75, 3.05) is 18.2 Å². The molecular formula is C11H17N2O3S2-. The number of aliphatic imine (C=N–C) groups is 1. The van der Waals surface area contributed by atoms with Crippen molar-refractivity contribution in [2.45, 2.75) is 32.4 Å². The second kappa shape index (κ2) is 6.38. The van der Waals surface area contributed by atoms with E-state index >= 15 is 0 Å². The Hall–Kier alpha value is -0.820. The minimum atomic E-state index is -0.626. The van der Waals surface area contributed by atoms with Crippen LogP contribution in [0.25, 0.3) is 0 Å². The molecule has 0 bridgehead atoms. The third-order valence-electron chi connectivity index (χ3n) is 2.13. The van der Waals surface area contributed by atoms with E-state index in [9.17, 15) is 9.90 Å². The molecule has 18 heavy (non-hydrogen) atoms. The summed E-state index contributed by atoms with van der Waals surface area (Å²) in [6.07, 6.45) is 0.249. The van der Waals surface area contributed by atoms with E-state index in [0.717, 1.165) is 12.0 Å². The molecule has 1 heterocycles. The highest BCUT2D eigenvalue weighted by Gasteiger charge is 2.26. The zero-order valence-electron chi connectivity index (χ0n) is 10.7. The first kappa shape index (κ1) is 15.2. The summed E-state index contributed by atoms with van der Waals surface area (Å²) < 4.78 is 5.05. The molecule has 1 rings (SSSR count). The highest BCUT2D eigenvalue weighted by molar-refractivity contribution is 7.99. The van der Waals surface area contributed by atoms with Gasteiger partial charge in [0, 0.05) is 11.4 Å². The van der Waals surface area contributed by atoms with Crippen LogP contribution in [0.2, 0.25) is 0 Å². The fraction of sp³-hybridized carbons (Fsp3) is 0.727. The Bertz CT molecular complexity index is 353. The first-order valence-corrected chi connectivity index (χ1v) is 7.13. The molecule has 0 aromatic carbocycles. The Balaban J connectivity index is 2.50. The smallest absolute Gasteiger partial charge is 0.146 e. The van der Waals surface area contributed by atoms with E-state index in [1.54, 1.807) is 37.4 Å². The number of ether oxygens (including phenoxy) is 1. The van der Waals surface area contributed by atoms with Crippen LogP contribution in [-0.4, -0.2) is 52.1 Å². The SMILES string of the molecule is CC(C)(C)OC([O-])=NCC(=S)N1CSC[C@@H]1C=O. The molecule has 7 heteroatoms. The number of thiocarbonyl (C=S) groups is 1. The van der Waals surface area contributed by atoms with Crippen molar-refractivity contribution in [3.63, 3.8) is 0 Å². The molecule has 0 aromatic rings. The molecule has 0 aromatic heterocycles. The number of rotatable bonds is 3. The Morgan fingerprint density at radius 3 is 2.89 bits per heavy atom. The Labute approximate surface area is 117 Å². The Kier molecular flexibility index (Phi) is 5.40. The molecule has 5 nitrogen and oxygen atoms in total. The van der Waals surface area contributed by atoms with Crippen molar-refractivity contribution in [1.29, 1.82) is 0 Å². The molecular weight excluding hydrogens is 272 g/mol. The van der Waals surface area contributed by atoms with Gasteiger partial charge in [-0.1, -0.05) is 33.0 Å². The zero-order valence-corrected chi connectivity index (χ0v) is 12.3. The summed E-state index contributed by atoms with van der Waals surface area (Å²) in [7, 11) is 0. The van der Waals surface area contributed by atoms with Crippen LogP contribution in [0.4, 0.5) is 0 Å². The number of aldehydes is 1. The van der Waals surface area contributed by atoms with E-state index in [1.165, 1.54) is 0 Å². The summed E-state index contributed by atoms with van der Waals surface area (Å²) in [5.41, 5.74) is -0.559. The van der Waals surface area contributed by atoms with Crippen molar-refractivity contribution in [2.24, 2.45) is 4.99 Å². The fourth-order valence-corrected chi connectivity index (χ4v) is 2.84. The van der Waals surface area contributed by atoms with Gasteiger partial charge in [-0.15, -0.1) is 11.8 Å². The summed E-state index contributed by atoms with van der Waals surface area (Å²) in [4.78, 5) is 16.9. The van der Waals surface area contributed by atoms with Crippen LogP contribution >= 0.6 is 24.0 Å². The minimum Gasteiger partial charge on any atom is -0.595 e. The molecule has 0 radical (unpaired) electrons. The molecule has 0 N–H and O–H groups in total. The normalized spacial score (nSPS) is 20.9. The molecule has 0 spiro atoms. The summed E-state index contributed by atoms with van der Waals surface area (Å²) in [6.45, 7) is 5.42. The van der Waals surface area contributed by atoms with E-state index in [0.29, 0.717) is 10.9 Å². The maximum absolute atomic E-state index is 11.4. The van der Waals surface area contributed by atoms with Crippen molar-refractivity contribution in [3.8, 4) is 0 Å². The third kappa shape index (κ3) is 4.81. The van der Waals surface area contributed by atoms with Gasteiger partial charge < -0.3 is 19.5 Å². The largest absolute Gasteiger partial charge is 0.595 e. The third-order valence-corrected chi connectivity index (χ3v) is 3.54. The summed E-state index contributed by atoms with van der Waals surface area (Å²) in [5, 5.41) is 11.4. The highest BCUT2D eigenvalue weighted by atomic mass is 32.2. The van der Waals surface area contributed by atoms with Gasteiger partial charge in [-0.05, 0) is 0 Å². The number of hydrogen-bond acceptors (Lipinski definition) is 6. The van der Waals surface area contributed by atoms with Gasteiger partial charge in [0.1, 0.15) is 17.4 Å². The topological polar surface area (TPSA) is 65.0 Å². The van der Waals surface area contributed by atoms with Crippen LogP contribution in [0.3, 0.4) is 0 Å².